The van der Waals surface area contributed by atoms with Gasteiger partial charge in [0.1, 0.15) is 5.01 Å². The van der Waals surface area contributed by atoms with Crippen molar-refractivity contribution in [1.29, 1.82) is 0 Å². The third kappa shape index (κ3) is 1.84. The summed E-state index contributed by atoms with van der Waals surface area (Å²) in [5, 5.41) is 11.1. The Kier molecular flexibility index (Phi) is 2.75. The molecule has 0 spiro atoms. The Morgan fingerprint density at radius 2 is 2.12 bits per heavy atom. The minimum absolute atomic E-state index is 0.112. The van der Waals surface area contributed by atoms with E-state index < -0.39 is 5.97 Å². The summed E-state index contributed by atoms with van der Waals surface area (Å²) in [5.41, 5.74) is 3.46. The number of carbonyl (C=O) groups is 1. The van der Waals surface area contributed by atoms with Crippen LogP contribution < -0.4 is 0 Å². The van der Waals surface area contributed by atoms with Crippen LogP contribution in [0.25, 0.3) is 10.6 Å². The molecule has 0 aliphatic rings. The monoisotopic (exact) mass is 233 g/mol. The molecule has 0 aliphatic carbocycles. The zero-order valence-corrected chi connectivity index (χ0v) is 9.84. The minimum Gasteiger partial charge on any atom is -0.476 e. The largest absolute Gasteiger partial charge is 0.476 e. The van der Waals surface area contributed by atoms with Gasteiger partial charge in [0.25, 0.3) is 0 Å². The van der Waals surface area contributed by atoms with Gasteiger partial charge in [-0.05, 0) is 25.0 Å². The highest BCUT2D eigenvalue weighted by atomic mass is 32.1. The topological polar surface area (TPSA) is 50.2 Å². The van der Waals surface area contributed by atoms with E-state index >= 15 is 0 Å². The molecule has 0 bridgehead atoms. The Hall–Kier alpha value is -1.68. The number of thiazole rings is 1. The third-order valence-corrected chi connectivity index (χ3v) is 3.43. The molecule has 4 heteroatoms. The zero-order valence-electron chi connectivity index (χ0n) is 9.02. The predicted octanol–water partition coefficient (Wildman–Crippen LogP) is 3.13. The van der Waals surface area contributed by atoms with Crippen LogP contribution in [-0.4, -0.2) is 16.1 Å². The lowest BCUT2D eigenvalue weighted by Crippen LogP contribution is -1.96. The molecule has 2 aromatic rings. The van der Waals surface area contributed by atoms with E-state index in [1.807, 2.05) is 32.0 Å². The van der Waals surface area contributed by atoms with E-state index in [2.05, 4.69) is 4.98 Å². The quantitative estimate of drug-likeness (QED) is 0.867. The lowest BCUT2D eigenvalue weighted by atomic mass is 10.0. The summed E-state index contributed by atoms with van der Waals surface area (Å²) in [4.78, 5) is 14.8. The van der Waals surface area contributed by atoms with Gasteiger partial charge in [-0.1, -0.05) is 18.2 Å². The van der Waals surface area contributed by atoms with Crippen molar-refractivity contribution in [2.24, 2.45) is 0 Å². The van der Waals surface area contributed by atoms with E-state index in [1.165, 1.54) is 16.9 Å². The van der Waals surface area contributed by atoms with Crippen molar-refractivity contribution < 1.29 is 9.90 Å². The van der Waals surface area contributed by atoms with E-state index in [0.717, 1.165) is 16.1 Å². The van der Waals surface area contributed by atoms with E-state index in [1.54, 1.807) is 5.38 Å². The molecule has 1 aromatic carbocycles. The average Bonchev–Trinajstić information content (AvgIpc) is 2.71. The maximum absolute atomic E-state index is 10.7. The Bertz CT molecular complexity index is 546. The molecule has 82 valence electrons. The van der Waals surface area contributed by atoms with Gasteiger partial charge in [0.05, 0.1) is 0 Å². The van der Waals surface area contributed by atoms with Gasteiger partial charge in [-0.25, -0.2) is 9.78 Å². The summed E-state index contributed by atoms with van der Waals surface area (Å²) in [6.07, 6.45) is 0. The predicted molar refractivity (Wildman–Crippen MR) is 64.0 cm³/mol. The summed E-state index contributed by atoms with van der Waals surface area (Å²) < 4.78 is 0. The van der Waals surface area contributed by atoms with Crippen LogP contribution in [0, 0.1) is 13.8 Å². The maximum atomic E-state index is 10.7. The summed E-state index contributed by atoms with van der Waals surface area (Å²) in [7, 11) is 0. The second-order valence-electron chi connectivity index (χ2n) is 3.59. The minimum atomic E-state index is -0.979. The standard InChI is InChI=1S/C12H11NO2S/c1-7-4-3-5-9(8(7)2)11-13-10(6-16-11)12(14)15/h3-6H,1-2H3,(H,14,15). The van der Waals surface area contributed by atoms with Crippen LogP contribution in [0.1, 0.15) is 21.6 Å². The second-order valence-corrected chi connectivity index (χ2v) is 4.45. The van der Waals surface area contributed by atoms with E-state index in [4.69, 9.17) is 5.11 Å². The smallest absolute Gasteiger partial charge is 0.355 e. The van der Waals surface area contributed by atoms with Gasteiger partial charge in [-0.15, -0.1) is 11.3 Å². The number of hydrogen-bond acceptors (Lipinski definition) is 3. The molecule has 3 nitrogen and oxygen atoms in total. The first-order valence-electron chi connectivity index (χ1n) is 4.85. The molecular formula is C12H11NO2S. The summed E-state index contributed by atoms with van der Waals surface area (Å²) in [5.74, 6) is -0.979. The lowest BCUT2D eigenvalue weighted by molar-refractivity contribution is 0.0691. The van der Waals surface area contributed by atoms with Crippen molar-refractivity contribution in [1.82, 2.24) is 4.98 Å². The third-order valence-electron chi connectivity index (χ3n) is 2.56. The first kappa shape index (κ1) is 10.8. The van der Waals surface area contributed by atoms with Crippen LogP contribution in [0.15, 0.2) is 23.6 Å². The Labute approximate surface area is 97.4 Å². The van der Waals surface area contributed by atoms with Crippen LogP contribution in [0.3, 0.4) is 0 Å². The van der Waals surface area contributed by atoms with Crippen LogP contribution in [0.4, 0.5) is 0 Å². The SMILES string of the molecule is Cc1cccc(-c2nc(C(=O)O)cs2)c1C. The maximum Gasteiger partial charge on any atom is 0.355 e. The van der Waals surface area contributed by atoms with Gasteiger partial charge in [0, 0.05) is 10.9 Å². The van der Waals surface area contributed by atoms with Gasteiger partial charge in [0.2, 0.25) is 0 Å². The zero-order chi connectivity index (χ0) is 11.7. The van der Waals surface area contributed by atoms with E-state index in [-0.39, 0.29) is 5.69 Å². The van der Waals surface area contributed by atoms with Crippen molar-refractivity contribution in [3.8, 4) is 10.6 Å². The van der Waals surface area contributed by atoms with Crippen molar-refractivity contribution >= 4 is 17.3 Å². The van der Waals surface area contributed by atoms with Gasteiger partial charge < -0.3 is 5.11 Å². The molecule has 0 atom stereocenters. The number of nitrogens with zero attached hydrogens (tertiary/aromatic N) is 1. The number of carboxylic acids is 1. The molecule has 0 fully saturated rings. The van der Waals surface area contributed by atoms with Gasteiger partial charge in [0.15, 0.2) is 5.69 Å². The molecule has 0 amide bonds. The fourth-order valence-electron chi connectivity index (χ4n) is 1.48. The fraction of sp³-hybridized carbons (Fsp3) is 0.167. The average molecular weight is 233 g/mol. The van der Waals surface area contributed by atoms with Gasteiger partial charge in [-0.2, -0.15) is 0 Å². The first-order valence-corrected chi connectivity index (χ1v) is 5.73. The molecule has 1 aromatic heterocycles. The number of hydrogen-bond donors (Lipinski definition) is 1. The van der Waals surface area contributed by atoms with E-state index in [0.29, 0.717) is 0 Å². The van der Waals surface area contributed by atoms with Gasteiger partial charge in [-0.3, -0.25) is 0 Å². The highest BCUT2D eigenvalue weighted by Crippen LogP contribution is 2.28. The Morgan fingerprint density at radius 1 is 1.38 bits per heavy atom. The highest BCUT2D eigenvalue weighted by molar-refractivity contribution is 7.13. The summed E-state index contributed by atoms with van der Waals surface area (Å²) in [6.45, 7) is 4.05. The van der Waals surface area contributed by atoms with Crippen molar-refractivity contribution in [3.63, 3.8) is 0 Å². The molecule has 0 radical (unpaired) electrons. The highest BCUT2D eigenvalue weighted by Gasteiger charge is 2.11. The Balaban J connectivity index is 2.50. The van der Waals surface area contributed by atoms with Crippen molar-refractivity contribution in [2.45, 2.75) is 13.8 Å². The molecule has 1 heterocycles. The van der Waals surface area contributed by atoms with Gasteiger partial charge >= 0.3 is 5.97 Å². The number of aromatic nitrogens is 1. The van der Waals surface area contributed by atoms with Crippen LogP contribution in [0.5, 0.6) is 0 Å². The fourth-order valence-corrected chi connectivity index (χ4v) is 2.35. The molecule has 0 saturated heterocycles. The number of carboxylic acid groups (broad SMARTS) is 1. The molecule has 0 aliphatic heterocycles. The van der Waals surface area contributed by atoms with Crippen LogP contribution in [-0.2, 0) is 0 Å². The molecule has 2 rings (SSSR count). The summed E-state index contributed by atoms with van der Waals surface area (Å²) >= 11 is 1.36. The van der Waals surface area contributed by atoms with Crippen molar-refractivity contribution in [3.05, 3.63) is 40.4 Å². The number of benzene rings is 1. The molecule has 0 saturated carbocycles. The van der Waals surface area contributed by atoms with Crippen LogP contribution in [0.2, 0.25) is 0 Å². The van der Waals surface area contributed by atoms with Crippen LogP contribution >= 0.6 is 11.3 Å². The first-order chi connectivity index (χ1) is 7.59. The number of aryl methyl sites for hydroxylation is 1. The molecular weight excluding hydrogens is 222 g/mol. The molecule has 1 N–H and O–H groups in total. The molecule has 0 unspecified atom stereocenters. The molecule has 16 heavy (non-hydrogen) atoms. The normalized spacial score (nSPS) is 10.4. The number of aromatic carboxylic acids is 1. The lowest BCUT2D eigenvalue weighted by Gasteiger charge is -2.04. The van der Waals surface area contributed by atoms with E-state index in [9.17, 15) is 4.79 Å². The number of rotatable bonds is 2. The Morgan fingerprint density at radius 3 is 2.75 bits per heavy atom. The second kappa shape index (κ2) is 4.06. The summed E-state index contributed by atoms with van der Waals surface area (Å²) in [6, 6.07) is 5.96. The van der Waals surface area contributed by atoms with Crippen molar-refractivity contribution in [2.75, 3.05) is 0 Å².